The lowest BCUT2D eigenvalue weighted by Crippen LogP contribution is -1.97. The first kappa shape index (κ1) is 12.9. The fourth-order valence-electron chi connectivity index (χ4n) is 1.96. The lowest BCUT2D eigenvalue weighted by molar-refractivity contribution is 0.362. The Morgan fingerprint density at radius 1 is 1.29 bits per heavy atom. The number of hydrogen-bond acceptors (Lipinski definition) is 6. The Balaban J connectivity index is 2.09. The van der Waals surface area contributed by atoms with Gasteiger partial charge in [-0.25, -0.2) is 4.98 Å². The molecule has 1 aromatic carbocycles. The molecule has 0 unspecified atom stereocenters. The number of aromatic amines is 1. The highest BCUT2D eigenvalue weighted by Gasteiger charge is 2.12. The van der Waals surface area contributed by atoms with E-state index < -0.39 is 0 Å². The predicted molar refractivity (Wildman–Crippen MR) is 74.8 cm³/mol. The van der Waals surface area contributed by atoms with Gasteiger partial charge in [0, 0.05) is 6.07 Å². The van der Waals surface area contributed by atoms with Gasteiger partial charge in [0.15, 0.2) is 6.61 Å². The molecule has 3 rings (SSSR count). The monoisotopic (exact) mass is 281 g/mol. The number of nitriles is 1. The number of nitrogens with one attached hydrogen (secondary N) is 1. The topological polar surface area (TPSA) is 96.7 Å². The number of benzene rings is 1. The summed E-state index contributed by atoms with van der Waals surface area (Å²) in [4.78, 5) is 7.59. The Kier molecular flexibility index (Phi) is 3.35. The second-order valence-electron chi connectivity index (χ2n) is 4.18. The minimum atomic E-state index is -0.0521. The van der Waals surface area contributed by atoms with Gasteiger partial charge in [-0.1, -0.05) is 0 Å². The number of nitrogens with zero attached hydrogens (tertiary/aromatic N) is 4. The van der Waals surface area contributed by atoms with Crippen molar-refractivity contribution < 1.29 is 9.47 Å². The van der Waals surface area contributed by atoms with Gasteiger partial charge in [0.25, 0.3) is 0 Å². The maximum atomic E-state index is 8.68. The van der Waals surface area contributed by atoms with Crippen molar-refractivity contribution in [2.75, 3.05) is 13.7 Å². The average Bonchev–Trinajstić information content (AvgIpc) is 2.96. The van der Waals surface area contributed by atoms with Crippen LogP contribution in [0.25, 0.3) is 22.4 Å². The quantitative estimate of drug-likeness (QED) is 0.784. The van der Waals surface area contributed by atoms with E-state index in [1.54, 1.807) is 31.6 Å². The summed E-state index contributed by atoms with van der Waals surface area (Å²) in [7, 11) is 1.57. The highest BCUT2D eigenvalue weighted by Crippen LogP contribution is 2.32. The second-order valence-corrected chi connectivity index (χ2v) is 4.18. The third-order valence-corrected chi connectivity index (χ3v) is 2.93. The standard InChI is InChI=1S/C14H11N5O2/c1-20-9-2-3-10(13(6-9)21-5-4-15)14-18-11-7-16-17-8-12(11)19-14/h2-3,6-8H,5H2,1H3,(H,18,19). The molecule has 3 aromatic rings. The summed E-state index contributed by atoms with van der Waals surface area (Å²) in [6, 6.07) is 7.29. The van der Waals surface area contributed by atoms with Gasteiger partial charge < -0.3 is 14.5 Å². The SMILES string of the molecule is COc1ccc(-c2nc3cnncc3[nH]2)c(OCC#N)c1. The van der Waals surface area contributed by atoms with Crippen molar-refractivity contribution in [2.45, 2.75) is 0 Å². The molecule has 104 valence electrons. The van der Waals surface area contributed by atoms with Crippen LogP contribution >= 0.6 is 0 Å². The zero-order valence-electron chi connectivity index (χ0n) is 11.2. The van der Waals surface area contributed by atoms with Gasteiger partial charge in [-0.15, -0.1) is 0 Å². The van der Waals surface area contributed by atoms with E-state index >= 15 is 0 Å². The summed E-state index contributed by atoms with van der Waals surface area (Å²) in [5.41, 5.74) is 2.23. The summed E-state index contributed by atoms with van der Waals surface area (Å²) >= 11 is 0. The highest BCUT2D eigenvalue weighted by atomic mass is 16.5. The minimum Gasteiger partial charge on any atom is -0.497 e. The lowest BCUT2D eigenvalue weighted by atomic mass is 10.2. The van der Waals surface area contributed by atoms with E-state index in [2.05, 4.69) is 20.2 Å². The minimum absolute atomic E-state index is 0.0521. The Bertz CT molecular complexity index is 789. The molecule has 0 radical (unpaired) electrons. The second kappa shape index (κ2) is 5.46. The van der Waals surface area contributed by atoms with Crippen LogP contribution in [0.4, 0.5) is 0 Å². The van der Waals surface area contributed by atoms with Gasteiger partial charge >= 0.3 is 0 Å². The maximum absolute atomic E-state index is 8.68. The average molecular weight is 281 g/mol. The first-order valence-corrected chi connectivity index (χ1v) is 6.16. The van der Waals surface area contributed by atoms with Gasteiger partial charge in [0.1, 0.15) is 28.9 Å². The summed E-state index contributed by atoms with van der Waals surface area (Å²) in [6.45, 7) is -0.0521. The van der Waals surface area contributed by atoms with E-state index in [-0.39, 0.29) is 6.61 Å². The molecule has 0 fully saturated rings. The molecular weight excluding hydrogens is 270 g/mol. The highest BCUT2D eigenvalue weighted by molar-refractivity contribution is 5.79. The molecule has 0 aliphatic rings. The Labute approximate surface area is 120 Å². The largest absolute Gasteiger partial charge is 0.497 e. The number of ether oxygens (including phenoxy) is 2. The van der Waals surface area contributed by atoms with Crippen molar-refractivity contribution in [3.63, 3.8) is 0 Å². The molecule has 0 saturated heterocycles. The van der Waals surface area contributed by atoms with E-state index in [9.17, 15) is 0 Å². The molecule has 7 nitrogen and oxygen atoms in total. The van der Waals surface area contributed by atoms with Gasteiger partial charge in [0.2, 0.25) is 0 Å². The van der Waals surface area contributed by atoms with Gasteiger partial charge in [-0.05, 0) is 12.1 Å². The fraction of sp³-hybridized carbons (Fsp3) is 0.143. The van der Waals surface area contributed by atoms with Crippen LogP contribution < -0.4 is 9.47 Å². The van der Waals surface area contributed by atoms with E-state index in [0.717, 1.165) is 11.1 Å². The number of hydrogen-bond donors (Lipinski definition) is 1. The number of rotatable bonds is 4. The third kappa shape index (κ3) is 2.47. The fourth-order valence-corrected chi connectivity index (χ4v) is 1.96. The van der Waals surface area contributed by atoms with Crippen LogP contribution in [0.1, 0.15) is 0 Å². The third-order valence-electron chi connectivity index (χ3n) is 2.93. The number of methoxy groups -OCH3 is 1. The van der Waals surface area contributed by atoms with Gasteiger partial charge in [-0.2, -0.15) is 15.5 Å². The summed E-state index contributed by atoms with van der Waals surface area (Å²) in [5.74, 6) is 1.79. The predicted octanol–water partition coefficient (Wildman–Crippen LogP) is 1.93. The lowest BCUT2D eigenvalue weighted by Gasteiger charge is -2.09. The van der Waals surface area contributed by atoms with Crippen molar-refractivity contribution >= 4 is 11.0 Å². The van der Waals surface area contributed by atoms with Crippen LogP contribution in [0.15, 0.2) is 30.6 Å². The first-order chi connectivity index (χ1) is 10.3. The molecule has 21 heavy (non-hydrogen) atoms. The van der Waals surface area contributed by atoms with Crippen molar-refractivity contribution in [2.24, 2.45) is 0 Å². The zero-order valence-corrected chi connectivity index (χ0v) is 11.2. The summed E-state index contributed by atoms with van der Waals surface area (Å²) in [6.07, 6.45) is 3.18. The van der Waals surface area contributed by atoms with E-state index in [1.165, 1.54) is 0 Å². The van der Waals surface area contributed by atoms with Crippen LogP contribution in [-0.2, 0) is 0 Å². The van der Waals surface area contributed by atoms with E-state index in [4.69, 9.17) is 14.7 Å². The summed E-state index contributed by atoms with van der Waals surface area (Å²) in [5, 5.41) is 16.3. The van der Waals surface area contributed by atoms with Crippen molar-refractivity contribution in [3.05, 3.63) is 30.6 Å². The number of H-pyrrole nitrogens is 1. The number of aromatic nitrogens is 4. The molecule has 2 heterocycles. The van der Waals surface area contributed by atoms with Gasteiger partial charge in [-0.3, -0.25) is 0 Å². The van der Waals surface area contributed by atoms with E-state index in [0.29, 0.717) is 22.8 Å². The van der Waals surface area contributed by atoms with Crippen molar-refractivity contribution in [1.82, 2.24) is 20.2 Å². The van der Waals surface area contributed by atoms with Crippen LogP contribution in [0.5, 0.6) is 11.5 Å². The molecule has 2 aromatic heterocycles. The van der Waals surface area contributed by atoms with Crippen LogP contribution in [0.2, 0.25) is 0 Å². The molecule has 0 amide bonds. The van der Waals surface area contributed by atoms with Crippen LogP contribution in [0.3, 0.4) is 0 Å². The Morgan fingerprint density at radius 2 is 2.14 bits per heavy atom. The molecule has 0 bridgehead atoms. The molecule has 0 aliphatic heterocycles. The smallest absolute Gasteiger partial charge is 0.174 e. The normalized spacial score (nSPS) is 10.3. The molecule has 0 saturated carbocycles. The molecule has 0 spiro atoms. The van der Waals surface area contributed by atoms with E-state index in [1.807, 2.05) is 12.1 Å². The molecule has 7 heteroatoms. The maximum Gasteiger partial charge on any atom is 0.174 e. The molecular formula is C14H11N5O2. The Morgan fingerprint density at radius 3 is 2.90 bits per heavy atom. The molecule has 0 atom stereocenters. The number of imidazole rings is 1. The zero-order chi connectivity index (χ0) is 14.7. The Hall–Kier alpha value is -3.14. The number of fused-ring (bicyclic) bond motifs is 1. The van der Waals surface area contributed by atoms with Gasteiger partial charge in [0.05, 0.1) is 30.6 Å². The van der Waals surface area contributed by atoms with Crippen LogP contribution in [0, 0.1) is 11.3 Å². The molecule has 0 aliphatic carbocycles. The van der Waals surface area contributed by atoms with Crippen LogP contribution in [-0.4, -0.2) is 33.9 Å². The van der Waals surface area contributed by atoms with Crippen molar-refractivity contribution in [1.29, 1.82) is 5.26 Å². The molecule has 1 N–H and O–H groups in total. The first-order valence-electron chi connectivity index (χ1n) is 6.16. The summed E-state index contributed by atoms with van der Waals surface area (Å²) < 4.78 is 10.6. The van der Waals surface area contributed by atoms with Crippen molar-refractivity contribution in [3.8, 4) is 29.0 Å².